The van der Waals surface area contributed by atoms with E-state index in [0.717, 1.165) is 30.8 Å². The highest BCUT2D eigenvalue weighted by molar-refractivity contribution is 7.99. The van der Waals surface area contributed by atoms with Crippen molar-refractivity contribution < 1.29 is 4.74 Å². The third kappa shape index (κ3) is 9.41. The van der Waals surface area contributed by atoms with Crippen molar-refractivity contribution in [3.05, 3.63) is 76.7 Å². The molecule has 2 aromatic rings. The number of ether oxygens (including phenoxy) is 1. The molecular formula is C27H37N7OS. The molecule has 8 nitrogen and oxygen atoms in total. The van der Waals surface area contributed by atoms with Crippen LogP contribution in [0.4, 0.5) is 0 Å². The molecule has 0 bridgehead atoms. The van der Waals surface area contributed by atoms with Crippen molar-refractivity contribution in [3.63, 3.8) is 0 Å². The Morgan fingerprint density at radius 3 is 2.25 bits per heavy atom. The molecule has 0 radical (unpaired) electrons. The maximum atomic E-state index is 8.40. The number of aliphatic imine (C=N–C) groups is 2. The number of nitrogens with two attached hydrogens (primary N) is 1. The number of rotatable bonds is 12. The number of likely N-dealkylation sites (N-methyl/N-ethyl adjacent to an activating group) is 1. The van der Waals surface area contributed by atoms with E-state index >= 15 is 0 Å². The molecule has 2 aromatic carbocycles. The van der Waals surface area contributed by atoms with Gasteiger partial charge in [-0.25, -0.2) is 9.98 Å². The minimum Gasteiger partial charge on any atom is -0.419 e. The Balaban J connectivity index is 2.09. The highest BCUT2D eigenvalue weighted by atomic mass is 32.2. The number of nitrogens with one attached hydrogen (secondary N) is 3. The van der Waals surface area contributed by atoms with Crippen LogP contribution in [0.25, 0.3) is 0 Å². The van der Waals surface area contributed by atoms with Crippen LogP contribution in [0.1, 0.15) is 37.5 Å². The number of hydrogen-bond donors (Lipinski definition) is 4. The molecule has 0 heterocycles. The average Bonchev–Trinajstić information content (AvgIpc) is 2.84. The first-order chi connectivity index (χ1) is 17.1. The smallest absolute Gasteiger partial charge is 0.243 e. The minimum absolute atomic E-state index is 0.0228. The number of nitrogens with zero attached hydrogens (tertiary/aromatic N) is 3. The van der Waals surface area contributed by atoms with Crippen LogP contribution in [0.15, 0.2) is 74.9 Å². The van der Waals surface area contributed by atoms with E-state index in [0.29, 0.717) is 16.5 Å². The summed E-state index contributed by atoms with van der Waals surface area (Å²) in [5.41, 5.74) is 9.16. The molecule has 0 saturated carbocycles. The summed E-state index contributed by atoms with van der Waals surface area (Å²) < 4.78 is 5.50. The maximum Gasteiger partial charge on any atom is 0.243 e. The van der Waals surface area contributed by atoms with E-state index in [1.54, 1.807) is 23.9 Å². The fourth-order valence-corrected chi connectivity index (χ4v) is 3.93. The highest BCUT2D eigenvalue weighted by Gasteiger charge is 2.16. The Morgan fingerprint density at radius 2 is 1.69 bits per heavy atom. The second-order valence-electron chi connectivity index (χ2n) is 8.72. The topological polar surface area (TPSA) is 123 Å². The third-order valence-corrected chi connectivity index (χ3v) is 6.05. The second-order valence-corrected chi connectivity index (χ2v) is 10.4. The largest absolute Gasteiger partial charge is 0.419 e. The normalized spacial score (nSPS) is 12.5. The molecule has 0 aliphatic rings. The molecule has 0 aliphatic carbocycles. The van der Waals surface area contributed by atoms with Gasteiger partial charge in [-0.1, -0.05) is 38.1 Å². The fourth-order valence-electron chi connectivity index (χ4n) is 3.10. The van der Waals surface area contributed by atoms with Gasteiger partial charge in [0.25, 0.3) is 0 Å². The first kappa shape index (κ1) is 29.0. The number of thioether (sulfide) groups is 1. The Bertz CT molecular complexity index is 1100. The fraction of sp³-hybridized carbons (Fsp3) is 0.333. The molecular weight excluding hydrogens is 470 g/mol. The third-order valence-electron chi connectivity index (χ3n) is 5.04. The SMILES string of the molecule is C=N/C(N)=C(\N=C(/C)c1ccc(SC(C)C)cc1)C(=N)OC(=N)c1ccc(CNCCN(C)C)cc1. The number of benzene rings is 2. The van der Waals surface area contributed by atoms with Crippen LogP contribution in [0.3, 0.4) is 0 Å². The van der Waals surface area contributed by atoms with E-state index in [4.69, 9.17) is 21.3 Å². The summed E-state index contributed by atoms with van der Waals surface area (Å²) in [6, 6.07) is 15.5. The van der Waals surface area contributed by atoms with Gasteiger partial charge in [0.05, 0.1) is 0 Å². The molecule has 192 valence electrons. The summed E-state index contributed by atoms with van der Waals surface area (Å²) >= 11 is 1.78. The van der Waals surface area contributed by atoms with E-state index in [1.807, 2.05) is 57.4 Å². The zero-order chi connectivity index (χ0) is 26.7. The van der Waals surface area contributed by atoms with Gasteiger partial charge < -0.3 is 20.7 Å². The first-order valence-corrected chi connectivity index (χ1v) is 12.6. The van der Waals surface area contributed by atoms with Crippen LogP contribution < -0.4 is 11.1 Å². The lowest BCUT2D eigenvalue weighted by Gasteiger charge is -2.12. The molecule has 0 atom stereocenters. The molecule has 0 spiro atoms. The predicted molar refractivity (Wildman–Crippen MR) is 153 cm³/mol. The van der Waals surface area contributed by atoms with Crippen molar-refractivity contribution in [3.8, 4) is 0 Å². The van der Waals surface area contributed by atoms with E-state index in [-0.39, 0.29) is 23.3 Å². The summed E-state index contributed by atoms with van der Waals surface area (Å²) in [5.74, 6) is -0.590. The lowest BCUT2D eigenvalue weighted by Crippen LogP contribution is -2.26. The highest BCUT2D eigenvalue weighted by Crippen LogP contribution is 2.23. The van der Waals surface area contributed by atoms with Gasteiger partial charge in [0.15, 0.2) is 11.5 Å². The molecule has 36 heavy (non-hydrogen) atoms. The summed E-state index contributed by atoms with van der Waals surface area (Å²) in [5, 5.41) is 20.6. The van der Waals surface area contributed by atoms with Crippen molar-refractivity contribution in [2.24, 2.45) is 15.7 Å². The lowest BCUT2D eigenvalue weighted by molar-refractivity contribution is 0.400. The molecule has 0 unspecified atom stereocenters. The molecule has 0 amide bonds. The van der Waals surface area contributed by atoms with Crippen LogP contribution in [-0.2, 0) is 11.3 Å². The summed E-state index contributed by atoms with van der Waals surface area (Å²) in [6.07, 6.45) is 0. The van der Waals surface area contributed by atoms with Crippen molar-refractivity contribution in [1.82, 2.24) is 10.2 Å². The second kappa shape index (κ2) is 14.3. The predicted octanol–water partition coefficient (Wildman–Crippen LogP) is 4.50. The Kier molecular flexibility index (Phi) is 11.5. The van der Waals surface area contributed by atoms with Crippen LogP contribution in [0.2, 0.25) is 0 Å². The zero-order valence-corrected chi connectivity index (χ0v) is 22.6. The monoisotopic (exact) mass is 507 g/mol. The van der Waals surface area contributed by atoms with E-state index in [2.05, 4.69) is 40.8 Å². The summed E-state index contributed by atoms with van der Waals surface area (Å²) in [7, 11) is 4.08. The van der Waals surface area contributed by atoms with Crippen molar-refractivity contribution in [1.29, 1.82) is 10.8 Å². The summed E-state index contributed by atoms with van der Waals surface area (Å²) in [4.78, 5) is 11.5. The zero-order valence-electron chi connectivity index (χ0n) is 21.8. The van der Waals surface area contributed by atoms with E-state index in [1.165, 1.54) is 4.90 Å². The van der Waals surface area contributed by atoms with Gasteiger partial charge in [0.2, 0.25) is 11.8 Å². The molecule has 0 fully saturated rings. The molecule has 2 rings (SSSR count). The maximum absolute atomic E-state index is 8.40. The molecule has 0 saturated heterocycles. The van der Waals surface area contributed by atoms with Crippen LogP contribution in [0, 0.1) is 10.8 Å². The van der Waals surface area contributed by atoms with E-state index < -0.39 is 0 Å². The molecule has 9 heteroatoms. The van der Waals surface area contributed by atoms with Gasteiger partial charge in [-0.15, -0.1) is 11.8 Å². The van der Waals surface area contributed by atoms with Gasteiger partial charge in [0.1, 0.15) is 0 Å². The van der Waals surface area contributed by atoms with Gasteiger partial charge in [-0.2, -0.15) is 0 Å². The van der Waals surface area contributed by atoms with Gasteiger partial charge >= 0.3 is 0 Å². The van der Waals surface area contributed by atoms with Crippen LogP contribution in [0.5, 0.6) is 0 Å². The van der Waals surface area contributed by atoms with Crippen molar-refractivity contribution in [2.75, 3.05) is 27.2 Å². The molecule has 0 aliphatic heterocycles. The number of hydrogen-bond acceptors (Lipinski definition) is 9. The van der Waals surface area contributed by atoms with Crippen molar-refractivity contribution in [2.45, 2.75) is 37.5 Å². The Hall–Kier alpha value is -3.27. The van der Waals surface area contributed by atoms with Crippen LogP contribution in [-0.4, -0.2) is 61.6 Å². The Morgan fingerprint density at radius 1 is 1.08 bits per heavy atom. The average molecular weight is 508 g/mol. The van der Waals surface area contributed by atoms with E-state index in [9.17, 15) is 0 Å². The molecule has 0 aromatic heterocycles. The quantitative estimate of drug-likeness (QED) is 0.146. The van der Waals surface area contributed by atoms with Crippen LogP contribution >= 0.6 is 11.8 Å². The summed E-state index contributed by atoms with van der Waals surface area (Å²) in [6.45, 7) is 12.2. The molecule has 5 N–H and O–H groups in total. The standard InChI is InChI=1S/C27H37N7OS/c1-18(2)36-23-13-11-21(12-14-23)19(3)33-24(25(28)31-4)27(30)35-26(29)22-9-7-20(8-10-22)17-32-15-16-34(5)6/h7-14,18,29-30,32H,4,15-17,28H2,1-3,5-6H3/b25-24-,29-26?,30-27?,33-19+. The Labute approximate surface area is 218 Å². The van der Waals surface area contributed by atoms with Gasteiger partial charge in [0, 0.05) is 41.1 Å². The van der Waals surface area contributed by atoms with Gasteiger partial charge in [-0.3, -0.25) is 10.8 Å². The first-order valence-electron chi connectivity index (χ1n) is 11.7. The lowest BCUT2D eigenvalue weighted by atomic mass is 10.1. The van der Waals surface area contributed by atoms with Crippen molar-refractivity contribution >= 4 is 36.0 Å². The van der Waals surface area contributed by atoms with Gasteiger partial charge in [-0.05, 0) is 63.1 Å². The minimum atomic E-state index is -0.370.